The molecule has 1 heterocycles. The molecule has 0 fully saturated rings. The Balaban J connectivity index is 1.88. The molecule has 0 spiro atoms. The van der Waals surface area contributed by atoms with Crippen LogP contribution in [0.4, 0.5) is 0 Å². The lowest BCUT2D eigenvalue weighted by Crippen LogP contribution is -2.17. The number of aromatic nitrogens is 2. The summed E-state index contributed by atoms with van der Waals surface area (Å²) < 4.78 is 12.0. The van der Waals surface area contributed by atoms with Gasteiger partial charge in [0.2, 0.25) is 0 Å². The van der Waals surface area contributed by atoms with Crippen molar-refractivity contribution in [3.8, 4) is 0 Å². The van der Waals surface area contributed by atoms with Crippen molar-refractivity contribution in [2.24, 2.45) is 7.05 Å². The van der Waals surface area contributed by atoms with Gasteiger partial charge in [-0.25, -0.2) is 0 Å². The van der Waals surface area contributed by atoms with Crippen LogP contribution in [0.3, 0.4) is 0 Å². The second kappa shape index (κ2) is 8.27. The molecule has 1 rings (SSSR count). The quantitative estimate of drug-likeness (QED) is 0.626. The fourth-order valence-corrected chi connectivity index (χ4v) is 1.32. The van der Waals surface area contributed by atoms with Crippen LogP contribution in [0.2, 0.25) is 0 Å². The monoisotopic (exact) mass is 227 g/mol. The highest BCUT2D eigenvalue weighted by molar-refractivity contribution is 4.97. The Hall–Kier alpha value is -0.910. The molecule has 1 aromatic heterocycles. The van der Waals surface area contributed by atoms with Crippen molar-refractivity contribution in [3.63, 3.8) is 0 Å². The fraction of sp³-hybridized carbons (Fsp3) is 0.727. The lowest BCUT2D eigenvalue weighted by atomic mass is 10.4. The number of hydrogen-bond donors (Lipinski definition) is 1. The first-order valence-corrected chi connectivity index (χ1v) is 5.59. The second-order valence-electron chi connectivity index (χ2n) is 3.62. The van der Waals surface area contributed by atoms with E-state index in [1.54, 1.807) is 7.11 Å². The van der Waals surface area contributed by atoms with Gasteiger partial charge in [0.25, 0.3) is 0 Å². The van der Waals surface area contributed by atoms with Crippen LogP contribution in [0.5, 0.6) is 0 Å². The van der Waals surface area contributed by atoms with E-state index in [4.69, 9.17) is 9.47 Å². The summed E-state index contributed by atoms with van der Waals surface area (Å²) in [5.74, 6) is 0. The Kier molecular flexibility index (Phi) is 6.80. The molecule has 5 nitrogen and oxygen atoms in total. The molecular weight excluding hydrogens is 206 g/mol. The molecule has 0 aliphatic rings. The summed E-state index contributed by atoms with van der Waals surface area (Å²) >= 11 is 0. The SMILES string of the molecule is COCCOCCCNCc1ccn(C)n1. The van der Waals surface area contributed by atoms with Gasteiger partial charge >= 0.3 is 0 Å². The number of rotatable bonds is 9. The van der Waals surface area contributed by atoms with Gasteiger partial charge in [-0.1, -0.05) is 0 Å². The molecule has 16 heavy (non-hydrogen) atoms. The zero-order valence-electron chi connectivity index (χ0n) is 10.1. The Labute approximate surface area is 96.7 Å². The van der Waals surface area contributed by atoms with E-state index in [2.05, 4.69) is 10.4 Å². The molecule has 0 amide bonds. The normalized spacial score (nSPS) is 10.9. The topological polar surface area (TPSA) is 48.3 Å². The van der Waals surface area contributed by atoms with E-state index in [1.165, 1.54) is 0 Å². The first-order valence-electron chi connectivity index (χ1n) is 5.59. The molecule has 1 aromatic rings. The summed E-state index contributed by atoms with van der Waals surface area (Å²) in [5, 5.41) is 7.59. The van der Waals surface area contributed by atoms with Crippen molar-refractivity contribution in [1.82, 2.24) is 15.1 Å². The van der Waals surface area contributed by atoms with Gasteiger partial charge in [-0.15, -0.1) is 0 Å². The Morgan fingerprint density at radius 1 is 1.38 bits per heavy atom. The van der Waals surface area contributed by atoms with Gasteiger partial charge in [-0.2, -0.15) is 5.10 Å². The van der Waals surface area contributed by atoms with Crippen molar-refractivity contribution in [2.45, 2.75) is 13.0 Å². The van der Waals surface area contributed by atoms with Crippen molar-refractivity contribution in [2.75, 3.05) is 33.5 Å². The van der Waals surface area contributed by atoms with Gasteiger partial charge in [0.15, 0.2) is 0 Å². The van der Waals surface area contributed by atoms with Crippen LogP contribution >= 0.6 is 0 Å². The smallest absolute Gasteiger partial charge is 0.0762 e. The van der Waals surface area contributed by atoms with E-state index >= 15 is 0 Å². The van der Waals surface area contributed by atoms with Crippen molar-refractivity contribution < 1.29 is 9.47 Å². The minimum atomic E-state index is 0.668. The first-order chi connectivity index (χ1) is 7.83. The Morgan fingerprint density at radius 2 is 2.25 bits per heavy atom. The molecule has 5 heteroatoms. The lowest BCUT2D eigenvalue weighted by molar-refractivity contribution is 0.0694. The molecule has 0 radical (unpaired) electrons. The third kappa shape index (κ3) is 5.85. The number of methoxy groups -OCH3 is 1. The van der Waals surface area contributed by atoms with E-state index < -0.39 is 0 Å². The third-order valence-electron chi connectivity index (χ3n) is 2.15. The first kappa shape index (κ1) is 13.2. The third-order valence-corrected chi connectivity index (χ3v) is 2.15. The van der Waals surface area contributed by atoms with E-state index in [0.717, 1.165) is 31.8 Å². The average molecular weight is 227 g/mol. The number of aryl methyl sites for hydroxylation is 1. The average Bonchev–Trinajstić information content (AvgIpc) is 2.68. The number of nitrogens with one attached hydrogen (secondary N) is 1. The molecule has 0 aliphatic carbocycles. The second-order valence-corrected chi connectivity index (χ2v) is 3.62. The molecule has 0 aromatic carbocycles. The molecule has 0 saturated carbocycles. The largest absolute Gasteiger partial charge is 0.382 e. The van der Waals surface area contributed by atoms with Gasteiger partial charge in [-0.3, -0.25) is 4.68 Å². The van der Waals surface area contributed by atoms with E-state index in [0.29, 0.717) is 13.2 Å². The molecule has 0 atom stereocenters. The minimum Gasteiger partial charge on any atom is -0.382 e. The van der Waals surface area contributed by atoms with Crippen LogP contribution in [0, 0.1) is 0 Å². The van der Waals surface area contributed by atoms with Crippen LogP contribution in [0.1, 0.15) is 12.1 Å². The lowest BCUT2D eigenvalue weighted by Gasteiger charge is -2.04. The highest BCUT2D eigenvalue weighted by Crippen LogP contribution is 1.92. The zero-order chi connectivity index (χ0) is 11.6. The summed E-state index contributed by atoms with van der Waals surface area (Å²) in [4.78, 5) is 0. The number of ether oxygens (including phenoxy) is 2. The molecule has 0 saturated heterocycles. The van der Waals surface area contributed by atoms with Crippen LogP contribution in [-0.4, -0.2) is 43.3 Å². The highest BCUT2D eigenvalue weighted by atomic mass is 16.5. The maximum Gasteiger partial charge on any atom is 0.0762 e. The zero-order valence-corrected chi connectivity index (χ0v) is 10.1. The maximum absolute atomic E-state index is 5.35. The van der Waals surface area contributed by atoms with Crippen LogP contribution in [0.25, 0.3) is 0 Å². The summed E-state index contributed by atoms with van der Waals surface area (Å²) in [6, 6.07) is 2.02. The van der Waals surface area contributed by atoms with E-state index in [-0.39, 0.29) is 0 Å². The van der Waals surface area contributed by atoms with Crippen molar-refractivity contribution in [1.29, 1.82) is 0 Å². The summed E-state index contributed by atoms with van der Waals surface area (Å²) in [6.45, 7) is 3.89. The Morgan fingerprint density at radius 3 is 2.94 bits per heavy atom. The molecule has 1 N–H and O–H groups in total. The van der Waals surface area contributed by atoms with Crippen LogP contribution in [0.15, 0.2) is 12.3 Å². The summed E-state index contributed by atoms with van der Waals surface area (Å²) in [5.41, 5.74) is 1.07. The standard InChI is InChI=1S/C11H21N3O2/c1-14-6-4-11(13-14)10-12-5-3-7-16-9-8-15-2/h4,6,12H,3,5,7-10H2,1-2H3. The number of nitrogens with zero attached hydrogens (tertiary/aromatic N) is 2. The molecular formula is C11H21N3O2. The van der Waals surface area contributed by atoms with Gasteiger partial charge in [0.05, 0.1) is 18.9 Å². The summed E-state index contributed by atoms with van der Waals surface area (Å²) in [7, 11) is 3.60. The van der Waals surface area contributed by atoms with E-state index in [1.807, 2.05) is 24.0 Å². The van der Waals surface area contributed by atoms with Crippen LogP contribution in [-0.2, 0) is 23.1 Å². The maximum atomic E-state index is 5.35. The Bertz CT molecular complexity index is 276. The fourth-order valence-electron chi connectivity index (χ4n) is 1.32. The summed E-state index contributed by atoms with van der Waals surface area (Å²) in [6.07, 6.45) is 2.96. The highest BCUT2D eigenvalue weighted by Gasteiger charge is 1.95. The van der Waals surface area contributed by atoms with E-state index in [9.17, 15) is 0 Å². The predicted molar refractivity (Wildman–Crippen MR) is 62.2 cm³/mol. The molecule has 0 unspecified atom stereocenters. The predicted octanol–water partition coefficient (Wildman–Crippen LogP) is 0.563. The van der Waals surface area contributed by atoms with Gasteiger partial charge in [0, 0.05) is 33.5 Å². The van der Waals surface area contributed by atoms with Gasteiger partial charge in [0.1, 0.15) is 0 Å². The van der Waals surface area contributed by atoms with Gasteiger partial charge in [-0.05, 0) is 19.0 Å². The molecule has 0 aliphatic heterocycles. The minimum absolute atomic E-state index is 0.668. The van der Waals surface area contributed by atoms with Crippen molar-refractivity contribution >= 4 is 0 Å². The number of hydrogen-bond acceptors (Lipinski definition) is 4. The van der Waals surface area contributed by atoms with Crippen LogP contribution < -0.4 is 5.32 Å². The molecule has 92 valence electrons. The van der Waals surface area contributed by atoms with Gasteiger partial charge < -0.3 is 14.8 Å². The molecule has 0 bridgehead atoms. The van der Waals surface area contributed by atoms with Crippen molar-refractivity contribution in [3.05, 3.63) is 18.0 Å².